The van der Waals surface area contributed by atoms with Crippen molar-refractivity contribution in [2.45, 2.75) is 25.4 Å². The summed E-state index contributed by atoms with van der Waals surface area (Å²) in [5.41, 5.74) is 2.10. The number of benzene rings is 1. The van der Waals surface area contributed by atoms with Crippen molar-refractivity contribution in [2.75, 3.05) is 13.7 Å². The molecule has 1 atom stereocenters. The van der Waals surface area contributed by atoms with Crippen molar-refractivity contribution in [2.24, 2.45) is 0 Å². The molecule has 1 saturated heterocycles. The second-order valence-electron chi connectivity index (χ2n) is 4.65. The molecular weight excluding hydrogens is 242 g/mol. The molecule has 1 heterocycles. The highest BCUT2D eigenvalue weighted by atomic mass is 16.5. The molecule has 0 aromatic heterocycles. The van der Waals surface area contributed by atoms with E-state index < -0.39 is 0 Å². The van der Waals surface area contributed by atoms with Crippen LogP contribution in [0.3, 0.4) is 0 Å². The van der Waals surface area contributed by atoms with Crippen LogP contribution in [-0.2, 0) is 16.1 Å². The predicted molar refractivity (Wildman–Crippen MR) is 72.2 cm³/mol. The van der Waals surface area contributed by atoms with E-state index >= 15 is 0 Å². The van der Waals surface area contributed by atoms with Crippen LogP contribution in [0.25, 0.3) is 0 Å². The SMILES string of the molecule is COC(=O)/C=C1\CC[C@@H](CO)N1Cc1ccccc1. The fourth-order valence-corrected chi connectivity index (χ4v) is 2.40. The molecule has 0 amide bonds. The quantitative estimate of drug-likeness (QED) is 0.662. The number of hydrogen-bond donors (Lipinski definition) is 1. The van der Waals surface area contributed by atoms with E-state index in [1.165, 1.54) is 18.7 Å². The molecule has 0 saturated carbocycles. The minimum Gasteiger partial charge on any atom is -0.466 e. The van der Waals surface area contributed by atoms with Gasteiger partial charge in [-0.1, -0.05) is 30.3 Å². The van der Waals surface area contributed by atoms with Crippen molar-refractivity contribution in [3.8, 4) is 0 Å². The Hall–Kier alpha value is -1.81. The molecule has 1 aliphatic rings. The molecule has 1 N–H and O–H groups in total. The number of carbonyl (C=O) groups is 1. The van der Waals surface area contributed by atoms with Gasteiger partial charge in [-0.05, 0) is 18.4 Å². The van der Waals surface area contributed by atoms with Crippen LogP contribution in [0, 0.1) is 0 Å². The van der Waals surface area contributed by atoms with E-state index in [2.05, 4.69) is 9.64 Å². The van der Waals surface area contributed by atoms with Crippen molar-refractivity contribution in [3.63, 3.8) is 0 Å². The smallest absolute Gasteiger partial charge is 0.332 e. The molecule has 0 unspecified atom stereocenters. The molecular formula is C15H19NO3. The Morgan fingerprint density at radius 2 is 2.21 bits per heavy atom. The summed E-state index contributed by atoms with van der Waals surface area (Å²) in [6.45, 7) is 0.806. The first-order chi connectivity index (χ1) is 9.24. The average Bonchev–Trinajstić information content (AvgIpc) is 2.82. The normalized spacial score (nSPS) is 20.8. The molecule has 0 bridgehead atoms. The summed E-state index contributed by atoms with van der Waals surface area (Å²) < 4.78 is 4.68. The van der Waals surface area contributed by atoms with Crippen molar-refractivity contribution in [3.05, 3.63) is 47.7 Å². The second-order valence-corrected chi connectivity index (χ2v) is 4.65. The number of allylic oxidation sites excluding steroid dienone is 1. The zero-order chi connectivity index (χ0) is 13.7. The summed E-state index contributed by atoms with van der Waals surface area (Å²) in [4.78, 5) is 13.5. The maximum atomic E-state index is 11.4. The van der Waals surface area contributed by atoms with Gasteiger partial charge in [0.2, 0.25) is 0 Å². The first-order valence-electron chi connectivity index (χ1n) is 6.44. The van der Waals surface area contributed by atoms with Crippen molar-refractivity contribution in [1.82, 2.24) is 4.90 Å². The number of esters is 1. The Morgan fingerprint density at radius 3 is 2.84 bits per heavy atom. The molecule has 0 radical (unpaired) electrons. The van der Waals surface area contributed by atoms with E-state index in [-0.39, 0.29) is 18.6 Å². The predicted octanol–water partition coefficient (Wildman–Crippen LogP) is 1.70. The van der Waals surface area contributed by atoms with Crippen LogP contribution in [0.2, 0.25) is 0 Å². The van der Waals surface area contributed by atoms with Crippen molar-refractivity contribution < 1.29 is 14.6 Å². The van der Waals surface area contributed by atoms with Crippen LogP contribution in [-0.4, -0.2) is 35.7 Å². The molecule has 4 heteroatoms. The van der Waals surface area contributed by atoms with E-state index in [1.54, 1.807) is 0 Å². The van der Waals surface area contributed by atoms with Crippen LogP contribution in [0.5, 0.6) is 0 Å². The Labute approximate surface area is 113 Å². The lowest BCUT2D eigenvalue weighted by atomic mass is 10.2. The molecule has 1 aromatic carbocycles. The molecule has 2 rings (SSSR count). The zero-order valence-electron chi connectivity index (χ0n) is 11.1. The number of aliphatic hydroxyl groups is 1. The molecule has 1 aliphatic heterocycles. The van der Waals surface area contributed by atoms with Gasteiger partial charge in [0.15, 0.2) is 0 Å². The van der Waals surface area contributed by atoms with Gasteiger partial charge in [-0.2, -0.15) is 0 Å². The fourth-order valence-electron chi connectivity index (χ4n) is 2.40. The Kier molecular flexibility index (Phi) is 4.58. The third-order valence-corrected chi connectivity index (χ3v) is 3.44. The van der Waals surface area contributed by atoms with Gasteiger partial charge in [0.25, 0.3) is 0 Å². The van der Waals surface area contributed by atoms with Crippen LogP contribution < -0.4 is 0 Å². The van der Waals surface area contributed by atoms with E-state index in [4.69, 9.17) is 0 Å². The standard InChI is InChI=1S/C15H19NO3/c1-19-15(18)9-13-7-8-14(11-17)16(13)10-12-5-3-2-4-6-12/h2-6,9,14,17H,7-8,10-11H2,1H3/b13-9+/t14-/m0/s1. The third kappa shape index (κ3) is 3.35. The minimum absolute atomic E-state index is 0.0797. The lowest BCUT2D eigenvalue weighted by Crippen LogP contribution is -2.31. The van der Waals surface area contributed by atoms with Gasteiger partial charge in [-0.3, -0.25) is 0 Å². The van der Waals surface area contributed by atoms with E-state index in [0.717, 1.165) is 18.5 Å². The molecule has 1 fully saturated rings. The number of aliphatic hydroxyl groups excluding tert-OH is 1. The van der Waals surface area contributed by atoms with Gasteiger partial charge in [0.1, 0.15) is 0 Å². The van der Waals surface area contributed by atoms with Gasteiger partial charge in [0, 0.05) is 18.3 Å². The number of methoxy groups -OCH3 is 1. The summed E-state index contributed by atoms with van der Waals surface area (Å²) in [6, 6.07) is 10.1. The number of likely N-dealkylation sites (tertiary alicyclic amines) is 1. The topological polar surface area (TPSA) is 49.8 Å². The van der Waals surface area contributed by atoms with Gasteiger partial charge in [0.05, 0.1) is 19.8 Å². The summed E-state index contributed by atoms with van der Waals surface area (Å²) in [7, 11) is 1.37. The highest BCUT2D eigenvalue weighted by Gasteiger charge is 2.27. The monoisotopic (exact) mass is 261 g/mol. The number of nitrogens with zero attached hydrogens (tertiary/aromatic N) is 1. The van der Waals surface area contributed by atoms with E-state index in [9.17, 15) is 9.90 Å². The molecule has 1 aromatic rings. The third-order valence-electron chi connectivity index (χ3n) is 3.44. The summed E-state index contributed by atoms with van der Waals surface area (Å²) in [5.74, 6) is -0.341. The minimum atomic E-state index is -0.341. The van der Waals surface area contributed by atoms with Crippen LogP contribution in [0.15, 0.2) is 42.1 Å². The average molecular weight is 261 g/mol. The van der Waals surface area contributed by atoms with Crippen molar-refractivity contribution in [1.29, 1.82) is 0 Å². The largest absolute Gasteiger partial charge is 0.466 e. The first kappa shape index (κ1) is 13.6. The molecule has 0 spiro atoms. The zero-order valence-corrected chi connectivity index (χ0v) is 11.1. The van der Waals surface area contributed by atoms with Gasteiger partial charge < -0.3 is 14.7 Å². The lowest BCUT2D eigenvalue weighted by molar-refractivity contribution is -0.135. The van der Waals surface area contributed by atoms with Crippen LogP contribution in [0.1, 0.15) is 18.4 Å². The van der Waals surface area contributed by atoms with E-state index in [0.29, 0.717) is 6.54 Å². The lowest BCUT2D eigenvalue weighted by Gasteiger charge is -2.26. The van der Waals surface area contributed by atoms with Gasteiger partial charge >= 0.3 is 5.97 Å². The number of rotatable bonds is 4. The van der Waals surface area contributed by atoms with Crippen LogP contribution in [0.4, 0.5) is 0 Å². The van der Waals surface area contributed by atoms with Gasteiger partial charge in [-0.25, -0.2) is 4.79 Å². The maximum absolute atomic E-state index is 11.4. The summed E-state index contributed by atoms with van der Waals surface area (Å²) in [5, 5.41) is 9.44. The molecule has 0 aliphatic carbocycles. The fraction of sp³-hybridized carbons (Fsp3) is 0.400. The highest BCUT2D eigenvalue weighted by Crippen LogP contribution is 2.29. The number of ether oxygens (including phenoxy) is 1. The highest BCUT2D eigenvalue weighted by molar-refractivity contribution is 5.82. The van der Waals surface area contributed by atoms with Crippen LogP contribution >= 0.6 is 0 Å². The first-order valence-corrected chi connectivity index (χ1v) is 6.44. The Morgan fingerprint density at radius 1 is 1.47 bits per heavy atom. The van der Waals surface area contributed by atoms with E-state index in [1.807, 2.05) is 30.3 Å². The summed E-state index contributed by atoms with van der Waals surface area (Å²) in [6.07, 6.45) is 3.19. The maximum Gasteiger partial charge on any atom is 0.332 e. The Bertz CT molecular complexity index is 456. The van der Waals surface area contributed by atoms with Crippen molar-refractivity contribution >= 4 is 5.97 Å². The second kappa shape index (κ2) is 6.38. The molecule has 102 valence electrons. The molecule has 4 nitrogen and oxygen atoms in total. The molecule has 19 heavy (non-hydrogen) atoms. The summed E-state index contributed by atoms with van der Waals surface area (Å²) >= 11 is 0. The Balaban J connectivity index is 2.16. The number of hydrogen-bond acceptors (Lipinski definition) is 4. The number of carbonyl (C=O) groups excluding carboxylic acids is 1. The van der Waals surface area contributed by atoms with Gasteiger partial charge in [-0.15, -0.1) is 0 Å².